The summed E-state index contributed by atoms with van der Waals surface area (Å²) in [7, 11) is 0. The highest BCUT2D eigenvalue weighted by Crippen LogP contribution is 2.38. The number of nitrogens with zero attached hydrogens (tertiary/aromatic N) is 5. The smallest absolute Gasteiger partial charge is 0.198 e. The molecule has 3 aromatic heterocycles. The molecule has 214 valence electrons. The van der Waals surface area contributed by atoms with Crippen molar-refractivity contribution in [1.82, 2.24) is 19.5 Å². The topological polar surface area (TPSA) is 61.1 Å². The van der Waals surface area contributed by atoms with Crippen molar-refractivity contribution in [1.29, 1.82) is 0 Å². The molecule has 0 saturated heterocycles. The molecule has 0 saturated carbocycles. The third kappa shape index (κ3) is 4.07. The Bertz CT molecular complexity index is 2650. The van der Waals surface area contributed by atoms with Gasteiger partial charge in [-0.3, -0.25) is 0 Å². The van der Waals surface area contributed by atoms with E-state index in [-0.39, 0.29) is 0 Å². The Morgan fingerprint density at radius 2 is 1.13 bits per heavy atom. The summed E-state index contributed by atoms with van der Waals surface area (Å²) in [6.07, 6.45) is 0. The number of benzene rings is 6. The number of hydrogen-bond acceptors (Lipinski definition) is 4. The standard InChI is InChI=1S/C40H23N5O/c1-41-32-16-10-18-35-37(32)31-22-20-27(24-36(31)46-35)40-43-38(25-11-4-2-5-12-25)42-39(44-40)26-19-21-30-29-15-8-9-17-33(29)45(34(30)23-26)28-13-6-3-7-14-28/h2-24H. The third-order valence-electron chi connectivity index (χ3n) is 8.47. The molecule has 6 aromatic carbocycles. The van der Waals surface area contributed by atoms with Gasteiger partial charge < -0.3 is 8.98 Å². The van der Waals surface area contributed by atoms with Gasteiger partial charge in [-0.2, -0.15) is 0 Å². The van der Waals surface area contributed by atoms with E-state index in [4.69, 9.17) is 25.9 Å². The Kier molecular flexibility index (Phi) is 5.77. The fourth-order valence-electron chi connectivity index (χ4n) is 6.35. The Labute approximate surface area is 263 Å². The summed E-state index contributed by atoms with van der Waals surface area (Å²) in [4.78, 5) is 18.7. The van der Waals surface area contributed by atoms with Gasteiger partial charge in [-0.25, -0.2) is 19.8 Å². The first-order valence-corrected chi connectivity index (χ1v) is 15.0. The predicted octanol–water partition coefficient (Wildman–Crippen LogP) is 10.4. The maximum absolute atomic E-state index is 7.63. The summed E-state index contributed by atoms with van der Waals surface area (Å²) in [5, 5.41) is 4.06. The molecule has 0 unspecified atom stereocenters. The van der Waals surface area contributed by atoms with Crippen LogP contribution in [0.3, 0.4) is 0 Å². The number of para-hydroxylation sites is 2. The molecule has 0 aliphatic carbocycles. The van der Waals surface area contributed by atoms with Crippen LogP contribution in [-0.2, 0) is 0 Å². The first-order chi connectivity index (χ1) is 22.7. The Hall–Kier alpha value is -6.58. The lowest BCUT2D eigenvalue weighted by Gasteiger charge is -2.10. The van der Waals surface area contributed by atoms with Gasteiger partial charge in [0.2, 0.25) is 0 Å². The molecule has 0 aliphatic heterocycles. The van der Waals surface area contributed by atoms with E-state index >= 15 is 0 Å². The second-order valence-electron chi connectivity index (χ2n) is 11.2. The van der Waals surface area contributed by atoms with Crippen LogP contribution in [0.2, 0.25) is 0 Å². The SMILES string of the molecule is [C-]#[N+]c1cccc2oc3cc(-c4nc(-c5ccccc5)nc(-c5ccc6c7ccccc7n(-c7ccccc7)c6c5)n4)ccc3c12. The van der Waals surface area contributed by atoms with E-state index < -0.39 is 0 Å². The van der Waals surface area contributed by atoms with Crippen LogP contribution in [0, 0.1) is 6.57 Å². The van der Waals surface area contributed by atoms with Crippen LogP contribution in [0.5, 0.6) is 0 Å². The Morgan fingerprint density at radius 1 is 0.500 bits per heavy atom. The van der Waals surface area contributed by atoms with E-state index in [0.29, 0.717) is 34.3 Å². The van der Waals surface area contributed by atoms with Gasteiger partial charge in [-0.15, -0.1) is 0 Å². The summed E-state index contributed by atoms with van der Waals surface area (Å²) in [6.45, 7) is 7.63. The van der Waals surface area contributed by atoms with Gasteiger partial charge in [0.05, 0.1) is 17.6 Å². The lowest BCUT2D eigenvalue weighted by atomic mass is 10.1. The molecular formula is C40H23N5O. The summed E-state index contributed by atoms with van der Waals surface area (Å²) in [5.74, 6) is 1.71. The van der Waals surface area contributed by atoms with Crippen molar-refractivity contribution < 1.29 is 4.42 Å². The molecule has 9 aromatic rings. The van der Waals surface area contributed by atoms with Gasteiger partial charge in [0.25, 0.3) is 0 Å². The number of hydrogen-bond donors (Lipinski definition) is 0. The lowest BCUT2D eigenvalue weighted by Crippen LogP contribution is -2.00. The van der Waals surface area contributed by atoms with Gasteiger partial charge in [-0.1, -0.05) is 103 Å². The summed E-state index contributed by atoms with van der Waals surface area (Å²) in [6, 6.07) is 46.8. The average molecular weight is 590 g/mol. The first kappa shape index (κ1) is 25.9. The molecule has 46 heavy (non-hydrogen) atoms. The molecule has 3 heterocycles. The van der Waals surface area contributed by atoms with Crippen LogP contribution in [0.1, 0.15) is 0 Å². The number of furan rings is 1. The van der Waals surface area contributed by atoms with Crippen molar-refractivity contribution >= 4 is 49.4 Å². The summed E-state index contributed by atoms with van der Waals surface area (Å²) in [5.41, 5.74) is 7.84. The molecule has 9 rings (SSSR count). The van der Waals surface area contributed by atoms with E-state index in [0.717, 1.165) is 49.6 Å². The van der Waals surface area contributed by atoms with Gasteiger partial charge in [-0.05, 0) is 36.4 Å². The number of rotatable bonds is 4. The maximum Gasteiger partial charge on any atom is 0.198 e. The van der Waals surface area contributed by atoms with Crippen molar-refractivity contribution in [2.75, 3.05) is 0 Å². The van der Waals surface area contributed by atoms with Gasteiger partial charge >= 0.3 is 0 Å². The van der Waals surface area contributed by atoms with E-state index in [1.807, 2.05) is 72.8 Å². The quantitative estimate of drug-likeness (QED) is 0.192. The van der Waals surface area contributed by atoms with Crippen molar-refractivity contribution in [2.24, 2.45) is 0 Å². The zero-order valence-electron chi connectivity index (χ0n) is 24.4. The van der Waals surface area contributed by atoms with Crippen LogP contribution in [0.4, 0.5) is 5.69 Å². The van der Waals surface area contributed by atoms with Gasteiger partial charge in [0.1, 0.15) is 11.2 Å². The van der Waals surface area contributed by atoms with Crippen LogP contribution in [-0.4, -0.2) is 19.5 Å². The average Bonchev–Trinajstić information content (AvgIpc) is 3.67. The molecule has 6 nitrogen and oxygen atoms in total. The van der Waals surface area contributed by atoms with Crippen LogP contribution >= 0.6 is 0 Å². The molecular weight excluding hydrogens is 566 g/mol. The van der Waals surface area contributed by atoms with Crippen LogP contribution < -0.4 is 0 Å². The highest BCUT2D eigenvalue weighted by Gasteiger charge is 2.18. The minimum atomic E-state index is 0.542. The lowest BCUT2D eigenvalue weighted by molar-refractivity contribution is 0.669. The second-order valence-corrected chi connectivity index (χ2v) is 11.2. The minimum absolute atomic E-state index is 0.542. The molecule has 0 fully saturated rings. The molecule has 0 atom stereocenters. The maximum atomic E-state index is 7.63. The summed E-state index contributed by atoms with van der Waals surface area (Å²) >= 11 is 0. The van der Waals surface area contributed by atoms with Gasteiger partial charge in [0, 0.05) is 43.9 Å². The van der Waals surface area contributed by atoms with E-state index in [9.17, 15) is 0 Å². The Balaban J connectivity index is 1.26. The van der Waals surface area contributed by atoms with Crippen molar-refractivity contribution in [3.8, 4) is 39.9 Å². The van der Waals surface area contributed by atoms with Crippen LogP contribution in [0.15, 0.2) is 144 Å². The molecule has 0 aliphatic rings. The molecule has 0 spiro atoms. The molecule has 0 N–H and O–H groups in total. The second kappa shape index (κ2) is 10.3. The fourth-order valence-corrected chi connectivity index (χ4v) is 6.35. The van der Waals surface area contributed by atoms with E-state index in [1.165, 1.54) is 5.39 Å². The first-order valence-electron chi connectivity index (χ1n) is 15.0. The molecule has 6 heteroatoms. The monoisotopic (exact) mass is 589 g/mol. The summed E-state index contributed by atoms with van der Waals surface area (Å²) < 4.78 is 8.49. The van der Waals surface area contributed by atoms with Crippen molar-refractivity contribution in [3.63, 3.8) is 0 Å². The third-order valence-corrected chi connectivity index (χ3v) is 8.47. The zero-order valence-corrected chi connectivity index (χ0v) is 24.4. The predicted molar refractivity (Wildman–Crippen MR) is 184 cm³/mol. The fraction of sp³-hybridized carbons (Fsp3) is 0. The number of fused-ring (bicyclic) bond motifs is 6. The minimum Gasteiger partial charge on any atom is -0.457 e. The van der Waals surface area contributed by atoms with E-state index in [1.54, 1.807) is 0 Å². The van der Waals surface area contributed by atoms with Crippen molar-refractivity contribution in [3.05, 3.63) is 151 Å². The largest absolute Gasteiger partial charge is 0.457 e. The highest BCUT2D eigenvalue weighted by atomic mass is 16.3. The van der Waals surface area contributed by atoms with E-state index in [2.05, 4.69) is 76.1 Å². The highest BCUT2D eigenvalue weighted by molar-refractivity contribution is 6.12. The van der Waals surface area contributed by atoms with Crippen molar-refractivity contribution in [2.45, 2.75) is 0 Å². The number of aromatic nitrogens is 4. The zero-order chi connectivity index (χ0) is 30.6. The molecule has 0 amide bonds. The molecule has 0 bridgehead atoms. The van der Waals surface area contributed by atoms with Gasteiger partial charge in [0.15, 0.2) is 23.2 Å². The Morgan fingerprint density at radius 3 is 1.89 bits per heavy atom. The molecule has 0 radical (unpaired) electrons. The van der Waals surface area contributed by atoms with Crippen LogP contribution in [0.25, 0.3) is 88.4 Å². The normalized spacial score (nSPS) is 11.5.